The van der Waals surface area contributed by atoms with Gasteiger partial charge in [0.15, 0.2) is 0 Å². The molecule has 0 radical (unpaired) electrons. The third-order valence-corrected chi connectivity index (χ3v) is 5.04. The number of aromatic nitrogens is 1. The van der Waals surface area contributed by atoms with E-state index in [-0.39, 0.29) is 6.10 Å². The lowest BCUT2D eigenvalue weighted by atomic mass is 9.95. The van der Waals surface area contributed by atoms with Crippen LogP contribution >= 0.6 is 11.3 Å². The fourth-order valence-corrected chi connectivity index (χ4v) is 3.83. The normalized spacial score (nSPS) is 18.9. The van der Waals surface area contributed by atoms with E-state index in [4.69, 9.17) is 0 Å². The standard InChI is InChI=1S/C15H19NOS/c1-10-8-12(18-11(10)2)9-16-7-6-13-14(16)4-3-5-15(13)17/h6-8,15,17H,3-5,9H2,1-2H3. The van der Waals surface area contributed by atoms with E-state index in [2.05, 4.69) is 36.7 Å². The van der Waals surface area contributed by atoms with Crippen molar-refractivity contribution in [3.8, 4) is 0 Å². The Bertz CT molecular complexity index is 548. The summed E-state index contributed by atoms with van der Waals surface area (Å²) in [5, 5.41) is 9.98. The quantitative estimate of drug-likeness (QED) is 0.878. The molecule has 0 saturated carbocycles. The van der Waals surface area contributed by atoms with Crippen LogP contribution in [0, 0.1) is 13.8 Å². The first-order chi connectivity index (χ1) is 8.65. The number of aliphatic hydroxyl groups excluding tert-OH is 1. The van der Waals surface area contributed by atoms with Crippen LogP contribution in [-0.2, 0) is 13.0 Å². The Morgan fingerprint density at radius 3 is 3.00 bits per heavy atom. The molecule has 0 aromatic carbocycles. The molecule has 3 heteroatoms. The summed E-state index contributed by atoms with van der Waals surface area (Å²) in [5.41, 5.74) is 3.86. The molecular formula is C15H19NOS. The molecule has 1 atom stereocenters. The van der Waals surface area contributed by atoms with Crippen LogP contribution in [0.4, 0.5) is 0 Å². The van der Waals surface area contributed by atoms with Crippen molar-refractivity contribution in [2.24, 2.45) is 0 Å². The predicted molar refractivity (Wildman–Crippen MR) is 75.2 cm³/mol. The average molecular weight is 261 g/mol. The summed E-state index contributed by atoms with van der Waals surface area (Å²) in [6.07, 6.45) is 4.99. The van der Waals surface area contributed by atoms with E-state index >= 15 is 0 Å². The number of aliphatic hydroxyl groups is 1. The van der Waals surface area contributed by atoms with Crippen LogP contribution in [0.3, 0.4) is 0 Å². The molecule has 96 valence electrons. The molecule has 0 spiro atoms. The number of thiophene rings is 1. The minimum atomic E-state index is -0.248. The van der Waals surface area contributed by atoms with E-state index in [0.29, 0.717) is 0 Å². The van der Waals surface area contributed by atoms with E-state index < -0.39 is 0 Å². The third kappa shape index (κ3) is 2.02. The van der Waals surface area contributed by atoms with Gasteiger partial charge in [-0.2, -0.15) is 0 Å². The molecule has 0 amide bonds. The highest BCUT2D eigenvalue weighted by Crippen LogP contribution is 2.31. The summed E-state index contributed by atoms with van der Waals surface area (Å²) >= 11 is 1.88. The largest absolute Gasteiger partial charge is 0.388 e. The van der Waals surface area contributed by atoms with Gasteiger partial charge in [0.05, 0.1) is 12.6 Å². The van der Waals surface area contributed by atoms with Crippen molar-refractivity contribution in [3.05, 3.63) is 44.9 Å². The molecule has 3 rings (SSSR count). The zero-order valence-electron chi connectivity index (χ0n) is 10.9. The molecule has 0 saturated heterocycles. The zero-order chi connectivity index (χ0) is 12.7. The van der Waals surface area contributed by atoms with Crippen LogP contribution in [0.2, 0.25) is 0 Å². The second-order valence-electron chi connectivity index (χ2n) is 5.21. The molecule has 2 aromatic rings. The minimum Gasteiger partial charge on any atom is -0.388 e. The van der Waals surface area contributed by atoms with Crippen LogP contribution in [0.25, 0.3) is 0 Å². The maximum atomic E-state index is 9.98. The van der Waals surface area contributed by atoms with Crippen molar-refractivity contribution in [1.29, 1.82) is 0 Å². The van der Waals surface area contributed by atoms with Crippen molar-refractivity contribution in [2.75, 3.05) is 0 Å². The van der Waals surface area contributed by atoms with Crippen molar-refractivity contribution < 1.29 is 5.11 Å². The summed E-state index contributed by atoms with van der Waals surface area (Å²) in [6.45, 7) is 5.30. The Balaban J connectivity index is 1.89. The van der Waals surface area contributed by atoms with Crippen molar-refractivity contribution in [3.63, 3.8) is 0 Å². The molecule has 1 N–H and O–H groups in total. The lowest BCUT2D eigenvalue weighted by Crippen LogP contribution is -2.12. The lowest BCUT2D eigenvalue weighted by Gasteiger charge is -2.19. The molecule has 2 aromatic heterocycles. The van der Waals surface area contributed by atoms with E-state index in [1.54, 1.807) is 0 Å². The first-order valence-electron chi connectivity index (χ1n) is 6.57. The molecule has 1 aliphatic carbocycles. The number of hydrogen-bond acceptors (Lipinski definition) is 2. The summed E-state index contributed by atoms with van der Waals surface area (Å²) in [5.74, 6) is 0. The molecule has 2 heterocycles. The Kier molecular flexibility index (Phi) is 3.04. The van der Waals surface area contributed by atoms with Crippen LogP contribution < -0.4 is 0 Å². The van der Waals surface area contributed by atoms with Crippen LogP contribution in [0.5, 0.6) is 0 Å². The lowest BCUT2D eigenvalue weighted by molar-refractivity contribution is 0.156. The molecule has 0 aliphatic heterocycles. The summed E-state index contributed by atoms with van der Waals surface area (Å²) in [7, 11) is 0. The van der Waals surface area contributed by atoms with Gasteiger partial charge in [0, 0.05) is 27.2 Å². The smallest absolute Gasteiger partial charge is 0.0807 e. The van der Waals surface area contributed by atoms with Gasteiger partial charge >= 0.3 is 0 Å². The van der Waals surface area contributed by atoms with Gasteiger partial charge in [-0.15, -0.1) is 11.3 Å². The van der Waals surface area contributed by atoms with E-state index in [1.807, 2.05) is 11.3 Å². The van der Waals surface area contributed by atoms with Gasteiger partial charge in [0.25, 0.3) is 0 Å². The van der Waals surface area contributed by atoms with Gasteiger partial charge in [-0.05, 0) is 50.8 Å². The highest BCUT2D eigenvalue weighted by atomic mass is 32.1. The molecule has 1 aliphatic rings. The summed E-state index contributed by atoms with van der Waals surface area (Å²) in [6, 6.07) is 4.37. The van der Waals surface area contributed by atoms with Crippen molar-refractivity contribution in [1.82, 2.24) is 4.57 Å². The van der Waals surface area contributed by atoms with Gasteiger partial charge in [0.1, 0.15) is 0 Å². The van der Waals surface area contributed by atoms with Gasteiger partial charge in [-0.3, -0.25) is 0 Å². The van der Waals surface area contributed by atoms with E-state index in [9.17, 15) is 5.11 Å². The second-order valence-corrected chi connectivity index (χ2v) is 6.55. The zero-order valence-corrected chi connectivity index (χ0v) is 11.8. The molecule has 1 unspecified atom stereocenters. The predicted octanol–water partition coefficient (Wildman–Crippen LogP) is 3.58. The van der Waals surface area contributed by atoms with Gasteiger partial charge < -0.3 is 9.67 Å². The molecule has 0 fully saturated rings. The monoisotopic (exact) mass is 261 g/mol. The Hall–Kier alpha value is -1.06. The highest BCUT2D eigenvalue weighted by Gasteiger charge is 2.21. The number of nitrogens with zero attached hydrogens (tertiary/aromatic N) is 1. The number of rotatable bonds is 2. The van der Waals surface area contributed by atoms with E-state index in [0.717, 1.165) is 31.4 Å². The first-order valence-corrected chi connectivity index (χ1v) is 7.38. The molecule has 2 nitrogen and oxygen atoms in total. The topological polar surface area (TPSA) is 25.2 Å². The SMILES string of the molecule is Cc1cc(Cn2ccc3c2CCCC3O)sc1C. The van der Waals surface area contributed by atoms with Gasteiger partial charge in [-0.1, -0.05) is 0 Å². The highest BCUT2D eigenvalue weighted by molar-refractivity contribution is 7.12. The minimum absolute atomic E-state index is 0.248. The summed E-state index contributed by atoms with van der Waals surface area (Å²) in [4.78, 5) is 2.81. The Morgan fingerprint density at radius 2 is 2.28 bits per heavy atom. The fourth-order valence-electron chi connectivity index (χ4n) is 2.78. The Morgan fingerprint density at radius 1 is 1.44 bits per heavy atom. The second kappa shape index (κ2) is 4.56. The fraction of sp³-hybridized carbons (Fsp3) is 0.467. The maximum Gasteiger partial charge on any atom is 0.0807 e. The van der Waals surface area contributed by atoms with Gasteiger partial charge in [-0.25, -0.2) is 0 Å². The number of aryl methyl sites for hydroxylation is 2. The number of hydrogen-bond donors (Lipinski definition) is 1. The van der Waals surface area contributed by atoms with Crippen LogP contribution in [0.15, 0.2) is 18.3 Å². The van der Waals surface area contributed by atoms with Crippen molar-refractivity contribution in [2.45, 2.75) is 45.8 Å². The van der Waals surface area contributed by atoms with E-state index in [1.165, 1.54) is 21.0 Å². The molecular weight excluding hydrogens is 242 g/mol. The number of fused-ring (bicyclic) bond motifs is 1. The molecule has 18 heavy (non-hydrogen) atoms. The maximum absolute atomic E-state index is 9.98. The van der Waals surface area contributed by atoms with Crippen LogP contribution in [-0.4, -0.2) is 9.67 Å². The van der Waals surface area contributed by atoms with Gasteiger partial charge in [0.2, 0.25) is 0 Å². The first kappa shape index (κ1) is 12.0. The average Bonchev–Trinajstić information content (AvgIpc) is 2.86. The summed E-state index contributed by atoms with van der Waals surface area (Å²) < 4.78 is 2.31. The van der Waals surface area contributed by atoms with Crippen LogP contribution in [0.1, 0.15) is 45.5 Å². The van der Waals surface area contributed by atoms with Crippen molar-refractivity contribution >= 4 is 11.3 Å². The molecule has 0 bridgehead atoms. The third-order valence-electron chi connectivity index (χ3n) is 3.91. The Labute approximate surface area is 112 Å².